The van der Waals surface area contributed by atoms with Crippen LogP contribution in [0.1, 0.15) is 46.5 Å². The number of nitrogens with zero attached hydrogens (tertiary/aromatic N) is 1. The lowest BCUT2D eigenvalue weighted by atomic mass is 9.94. The molecule has 1 aliphatic rings. The molecule has 1 saturated heterocycles. The summed E-state index contributed by atoms with van der Waals surface area (Å²) in [6.07, 6.45) is 4.95. The largest absolute Gasteiger partial charge is 0.379 e. The molecule has 0 bridgehead atoms. The van der Waals surface area contributed by atoms with Crippen LogP contribution in [0.5, 0.6) is 0 Å². The lowest BCUT2D eigenvalue weighted by Gasteiger charge is -2.42. The maximum Gasteiger partial charge on any atom is 0.0663 e. The maximum absolute atomic E-state index is 5.99. The first kappa shape index (κ1) is 13.9. The highest BCUT2D eigenvalue weighted by molar-refractivity contribution is 4.96. The number of hydrogen-bond acceptors (Lipinski definition) is 3. The molecule has 0 saturated carbocycles. The second-order valence-electron chi connectivity index (χ2n) is 5.23. The molecule has 1 fully saturated rings. The number of hydrogen-bond donors (Lipinski definition) is 1. The average molecular weight is 228 g/mol. The number of nitrogens with two attached hydrogens (primary N) is 1. The van der Waals surface area contributed by atoms with Crippen molar-refractivity contribution in [2.24, 2.45) is 5.73 Å². The lowest BCUT2D eigenvalue weighted by molar-refractivity contribution is 0.0452. The Morgan fingerprint density at radius 1 is 1.38 bits per heavy atom. The standard InChI is InChI=1S/C13H28N2O/c1-4-5-6-8-15(12(2)3)13(10-14)7-9-16-11-13/h12H,4-11,14H2,1-3H3. The molecule has 1 unspecified atom stereocenters. The number of ether oxygens (including phenoxy) is 1. The summed E-state index contributed by atoms with van der Waals surface area (Å²) < 4.78 is 5.57. The van der Waals surface area contributed by atoms with Crippen LogP contribution in [0.25, 0.3) is 0 Å². The van der Waals surface area contributed by atoms with E-state index in [-0.39, 0.29) is 5.54 Å². The van der Waals surface area contributed by atoms with Crippen molar-refractivity contribution < 1.29 is 4.74 Å². The Labute approximate surface area is 100 Å². The zero-order valence-electron chi connectivity index (χ0n) is 11.2. The van der Waals surface area contributed by atoms with Gasteiger partial charge in [-0.3, -0.25) is 4.90 Å². The fraction of sp³-hybridized carbons (Fsp3) is 1.00. The Kier molecular flexibility index (Phi) is 5.73. The van der Waals surface area contributed by atoms with Gasteiger partial charge in [-0.2, -0.15) is 0 Å². The van der Waals surface area contributed by atoms with Gasteiger partial charge in [0.15, 0.2) is 0 Å². The maximum atomic E-state index is 5.99. The van der Waals surface area contributed by atoms with Gasteiger partial charge >= 0.3 is 0 Å². The Balaban J connectivity index is 2.59. The van der Waals surface area contributed by atoms with E-state index < -0.39 is 0 Å². The monoisotopic (exact) mass is 228 g/mol. The van der Waals surface area contributed by atoms with Crippen LogP contribution >= 0.6 is 0 Å². The molecule has 1 aliphatic heterocycles. The van der Waals surface area contributed by atoms with Gasteiger partial charge in [0.2, 0.25) is 0 Å². The molecule has 0 spiro atoms. The third-order valence-electron chi connectivity index (χ3n) is 3.70. The summed E-state index contributed by atoms with van der Waals surface area (Å²) in [6.45, 7) is 10.3. The van der Waals surface area contributed by atoms with Crippen LogP contribution in [-0.2, 0) is 4.74 Å². The quantitative estimate of drug-likeness (QED) is 0.677. The Hall–Kier alpha value is -0.120. The van der Waals surface area contributed by atoms with Gasteiger partial charge in [0.1, 0.15) is 0 Å². The normalized spacial score (nSPS) is 25.9. The van der Waals surface area contributed by atoms with Gasteiger partial charge in [-0.25, -0.2) is 0 Å². The summed E-state index contributed by atoms with van der Waals surface area (Å²) in [5.74, 6) is 0. The first-order valence-corrected chi connectivity index (χ1v) is 6.71. The van der Waals surface area contributed by atoms with E-state index in [1.165, 1.54) is 19.3 Å². The number of unbranched alkanes of at least 4 members (excludes halogenated alkanes) is 2. The summed E-state index contributed by atoms with van der Waals surface area (Å²) in [5, 5.41) is 0. The molecule has 96 valence electrons. The van der Waals surface area contributed by atoms with Crippen molar-refractivity contribution in [2.45, 2.75) is 58.0 Å². The molecular formula is C13H28N2O. The molecule has 0 aromatic rings. The highest BCUT2D eigenvalue weighted by Crippen LogP contribution is 2.27. The number of rotatable bonds is 7. The topological polar surface area (TPSA) is 38.5 Å². The fourth-order valence-corrected chi connectivity index (χ4v) is 2.68. The van der Waals surface area contributed by atoms with E-state index in [2.05, 4.69) is 25.7 Å². The zero-order valence-corrected chi connectivity index (χ0v) is 11.2. The Morgan fingerprint density at radius 2 is 2.12 bits per heavy atom. The molecule has 0 radical (unpaired) electrons. The van der Waals surface area contributed by atoms with Crippen molar-refractivity contribution in [1.29, 1.82) is 0 Å². The van der Waals surface area contributed by atoms with Crippen LogP contribution in [0.4, 0.5) is 0 Å². The van der Waals surface area contributed by atoms with E-state index in [0.29, 0.717) is 6.04 Å². The fourth-order valence-electron chi connectivity index (χ4n) is 2.68. The van der Waals surface area contributed by atoms with Crippen molar-refractivity contribution in [1.82, 2.24) is 4.90 Å². The summed E-state index contributed by atoms with van der Waals surface area (Å²) in [6, 6.07) is 0.558. The first-order chi connectivity index (χ1) is 7.66. The average Bonchev–Trinajstić information content (AvgIpc) is 2.73. The van der Waals surface area contributed by atoms with Crippen molar-refractivity contribution in [3.63, 3.8) is 0 Å². The molecule has 3 heteroatoms. The van der Waals surface area contributed by atoms with Crippen LogP contribution in [-0.4, -0.2) is 42.8 Å². The second-order valence-corrected chi connectivity index (χ2v) is 5.23. The van der Waals surface area contributed by atoms with Gasteiger partial charge in [0.05, 0.1) is 12.1 Å². The van der Waals surface area contributed by atoms with Crippen molar-refractivity contribution in [2.75, 3.05) is 26.3 Å². The van der Waals surface area contributed by atoms with Crippen LogP contribution in [0.3, 0.4) is 0 Å². The van der Waals surface area contributed by atoms with Gasteiger partial charge in [0, 0.05) is 19.2 Å². The Morgan fingerprint density at radius 3 is 2.56 bits per heavy atom. The lowest BCUT2D eigenvalue weighted by Crippen LogP contribution is -2.57. The summed E-state index contributed by atoms with van der Waals surface area (Å²) >= 11 is 0. The van der Waals surface area contributed by atoms with Crippen molar-refractivity contribution in [3.05, 3.63) is 0 Å². The van der Waals surface area contributed by atoms with Gasteiger partial charge in [-0.15, -0.1) is 0 Å². The summed E-state index contributed by atoms with van der Waals surface area (Å²) in [7, 11) is 0. The van der Waals surface area contributed by atoms with Crippen molar-refractivity contribution in [3.8, 4) is 0 Å². The molecule has 1 atom stereocenters. The highest BCUT2D eigenvalue weighted by Gasteiger charge is 2.40. The minimum Gasteiger partial charge on any atom is -0.379 e. The van der Waals surface area contributed by atoms with Gasteiger partial charge in [-0.1, -0.05) is 19.8 Å². The van der Waals surface area contributed by atoms with Gasteiger partial charge in [-0.05, 0) is 33.2 Å². The molecule has 0 aromatic carbocycles. The highest BCUT2D eigenvalue weighted by atomic mass is 16.5. The molecule has 2 N–H and O–H groups in total. The van der Waals surface area contributed by atoms with Crippen LogP contribution in [0.15, 0.2) is 0 Å². The predicted octanol–water partition coefficient (Wildman–Crippen LogP) is 2.00. The molecular weight excluding hydrogens is 200 g/mol. The van der Waals surface area contributed by atoms with Crippen molar-refractivity contribution >= 4 is 0 Å². The molecule has 3 nitrogen and oxygen atoms in total. The first-order valence-electron chi connectivity index (χ1n) is 6.71. The zero-order chi connectivity index (χ0) is 12.0. The third-order valence-corrected chi connectivity index (χ3v) is 3.70. The van der Waals surface area contributed by atoms with E-state index >= 15 is 0 Å². The second kappa shape index (κ2) is 6.58. The van der Waals surface area contributed by atoms with Crippen LogP contribution < -0.4 is 5.73 Å². The van der Waals surface area contributed by atoms with Gasteiger partial charge < -0.3 is 10.5 Å². The van der Waals surface area contributed by atoms with Crippen LogP contribution in [0, 0.1) is 0 Å². The molecule has 0 aromatic heterocycles. The molecule has 1 heterocycles. The molecule has 0 aliphatic carbocycles. The van der Waals surface area contributed by atoms with E-state index in [1.54, 1.807) is 0 Å². The van der Waals surface area contributed by atoms with E-state index in [9.17, 15) is 0 Å². The molecule has 16 heavy (non-hydrogen) atoms. The van der Waals surface area contributed by atoms with Gasteiger partial charge in [0.25, 0.3) is 0 Å². The SMILES string of the molecule is CCCCCN(C(C)C)C1(CN)CCOC1. The van der Waals surface area contributed by atoms with E-state index in [4.69, 9.17) is 10.5 Å². The van der Waals surface area contributed by atoms with E-state index in [1.807, 2.05) is 0 Å². The van der Waals surface area contributed by atoms with E-state index in [0.717, 1.165) is 32.7 Å². The minimum absolute atomic E-state index is 0.113. The Bertz CT molecular complexity index is 188. The summed E-state index contributed by atoms with van der Waals surface area (Å²) in [4.78, 5) is 2.57. The minimum atomic E-state index is 0.113. The smallest absolute Gasteiger partial charge is 0.0663 e. The molecule has 1 rings (SSSR count). The predicted molar refractivity (Wildman–Crippen MR) is 68.6 cm³/mol. The summed E-state index contributed by atoms with van der Waals surface area (Å²) in [5.41, 5.74) is 6.10. The third kappa shape index (κ3) is 3.19. The molecule has 0 amide bonds. The van der Waals surface area contributed by atoms with Crippen LogP contribution in [0.2, 0.25) is 0 Å².